The molecule has 1 heterocycles. The number of carbonyl (C=O) groups excluding carboxylic acids is 1. The van der Waals surface area contributed by atoms with E-state index < -0.39 is 5.97 Å². The Kier molecular flexibility index (Phi) is 5.95. The van der Waals surface area contributed by atoms with E-state index in [0.29, 0.717) is 17.1 Å². The first-order valence-corrected chi connectivity index (χ1v) is 7.46. The molecule has 1 unspecified atom stereocenters. The lowest BCUT2D eigenvalue weighted by Crippen LogP contribution is -2.31. The van der Waals surface area contributed by atoms with E-state index in [4.69, 9.17) is 10.5 Å². The van der Waals surface area contributed by atoms with E-state index in [0.717, 1.165) is 12.2 Å². The molecule has 0 spiro atoms. The summed E-state index contributed by atoms with van der Waals surface area (Å²) in [6.45, 7) is 2.11. The number of anilines is 2. The van der Waals surface area contributed by atoms with Crippen LogP contribution in [0.25, 0.3) is 0 Å². The molecule has 0 bridgehead atoms. The average Bonchev–Trinajstić information content (AvgIpc) is 2.42. The fourth-order valence-electron chi connectivity index (χ4n) is 1.71. The van der Waals surface area contributed by atoms with Gasteiger partial charge in [-0.1, -0.05) is 0 Å². The smallest absolute Gasteiger partial charge is 0.341 e. The van der Waals surface area contributed by atoms with E-state index in [1.54, 1.807) is 24.0 Å². The minimum atomic E-state index is -0.418. The Hall–Kier alpha value is -1.43. The third kappa shape index (κ3) is 4.02. The summed E-state index contributed by atoms with van der Waals surface area (Å²) in [5.74, 6) is 1.25. The van der Waals surface area contributed by atoms with Crippen LogP contribution < -0.4 is 10.6 Å². The van der Waals surface area contributed by atoms with Gasteiger partial charge in [-0.3, -0.25) is 0 Å². The topological polar surface area (TPSA) is 68.5 Å². The van der Waals surface area contributed by atoms with Crippen molar-refractivity contribution < 1.29 is 9.53 Å². The maximum atomic E-state index is 11.8. The van der Waals surface area contributed by atoms with Gasteiger partial charge in [0, 0.05) is 13.1 Å². The van der Waals surface area contributed by atoms with Crippen molar-refractivity contribution in [3.8, 4) is 0 Å². The van der Waals surface area contributed by atoms with Gasteiger partial charge in [-0.05, 0) is 31.4 Å². The number of aromatic nitrogens is 1. The number of rotatable bonds is 6. The number of nitrogen functional groups attached to an aromatic ring is 1. The summed E-state index contributed by atoms with van der Waals surface area (Å²) in [6, 6.07) is 1.89. The highest BCUT2D eigenvalue weighted by Gasteiger charge is 2.20. The van der Waals surface area contributed by atoms with Gasteiger partial charge in [0.25, 0.3) is 0 Å². The zero-order valence-electron chi connectivity index (χ0n) is 11.8. The van der Waals surface area contributed by atoms with Crippen LogP contribution in [0.5, 0.6) is 0 Å². The van der Waals surface area contributed by atoms with Crippen molar-refractivity contribution in [2.24, 2.45) is 0 Å². The van der Waals surface area contributed by atoms with Gasteiger partial charge < -0.3 is 15.4 Å². The summed E-state index contributed by atoms with van der Waals surface area (Å²) in [5.41, 5.74) is 6.54. The van der Waals surface area contributed by atoms with Gasteiger partial charge in [-0.2, -0.15) is 11.8 Å². The molecule has 0 saturated heterocycles. The van der Waals surface area contributed by atoms with Gasteiger partial charge in [-0.15, -0.1) is 0 Å². The predicted molar refractivity (Wildman–Crippen MR) is 80.9 cm³/mol. The molecular formula is C13H21N3O2S. The summed E-state index contributed by atoms with van der Waals surface area (Å²) in [5, 5.41) is 0. The van der Waals surface area contributed by atoms with Crippen LogP contribution in [-0.2, 0) is 4.74 Å². The van der Waals surface area contributed by atoms with E-state index in [9.17, 15) is 4.79 Å². The highest BCUT2D eigenvalue weighted by molar-refractivity contribution is 7.98. The van der Waals surface area contributed by atoms with Crippen LogP contribution in [-0.4, -0.2) is 43.2 Å². The second-order valence-electron chi connectivity index (χ2n) is 4.37. The van der Waals surface area contributed by atoms with Crippen molar-refractivity contribution in [1.29, 1.82) is 0 Å². The number of nitrogens with two attached hydrogens (primary N) is 1. The van der Waals surface area contributed by atoms with Gasteiger partial charge in [0.1, 0.15) is 11.4 Å². The molecule has 0 aliphatic carbocycles. The minimum Gasteiger partial charge on any atom is -0.465 e. The highest BCUT2D eigenvalue weighted by Crippen LogP contribution is 2.22. The van der Waals surface area contributed by atoms with Gasteiger partial charge >= 0.3 is 5.97 Å². The van der Waals surface area contributed by atoms with Crippen molar-refractivity contribution in [1.82, 2.24) is 4.98 Å². The summed E-state index contributed by atoms with van der Waals surface area (Å²) >= 11 is 1.80. The summed E-state index contributed by atoms with van der Waals surface area (Å²) < 4.78 is 4.78. The number of esters is 1. The first-order valence-electron chi connectivity index (χ1n) is 6.06. The fourth-order valence-corrected chi connectivity index (χ4v) is 2.28. The fraction of sp³-hybridized carbons (Fsp3) is 0.538. The quantitative estimate of drug-likeness (QED) is 0.806. The van der Waals surface area contributed by atoms with Crippen LogP contribution in [0, 0.1) is 0 Å². The van der Waals surface area contributed by atoms with Crippen LogP contribution in [0.15, 0.2) is 12.3 Å². The Bertz CT molecular complexity index is 440. The summed E-state index contributed by atoms with van der Waals surface area (Å²) in [4.78, 5) is 18.0. The van der Waals surface area contributed by atoms with Gasteiger partial charge in [-0.25, -0.2) is 9.78 Å². The second-order valence-corrected chi connectivity index (χ2v) is 5.36. The van der Waals surface area contributed by atoms with E-state index in [-0.39, 0.29) is 6.04 Å². The summed E-state index contributed by atoms with van der Waals surface area (Å²) in [7, 11) is 3.28. The zero-order valence-corrected chi connectivity index (χ0v) is 12.7. The third-order valence-corrected chi connectivity index (χ3v) is 3.67. The number of hydrogen-bond acceptors (Lipinski definition) is 6. The monoisotopic (exact) mass is 283 g/mol. The van der Waals surface area contributed by atoms with Gasteiger partial charge in [0.15, 0.2) is 0 Å². The van der Waals surface area contributed by atoms with Crippen LogP contribution >= 0.6 is 11.8 Å². The van der Waals surface area contributed by atoms with Crippen molar-refractivity contribution in [3.05, 3.63) is 17.8 Å². The molecule has 19 heavy (non-hydrogen) atoms. The standard InChI is InChI=1S/C13H21N3O2S/c1-9(5-6-19-4)16(2)12-11(13(17)18-3)7-10(14)8-15-12/h7-9H,5-6,14H2,1-4H3. The predicted octanol–water partition coefficient (Wildman–Crippen LogP) is 2.03. The molecule has 2 N–H and O–H groups in total. The lowest BCUT2D eigenvalue weighted by molar-refractivity contribution is 0.0601. The SMILES string of the molecule is COC(=O)c1cc(N)cnc1N(C)C(C)CCSC. The van der Waals surface area contributed by atoms with Crippen LogP contribution in [0.4, 0.5) is 11.5 Å². The van der Waals surface area contributed by atoms with Crippen LogP contribution in [0.3, 0.4) is 0 Å². The summed E-state index contributed by atoms with van der Waals surface area (Å²) in [6.07, 6.45) is 4.65. The van der Waals surface area contributed by atoms with Crippen molar-refractivity contribution >= 4 is 29.2 Å². The Balaban J connectivity index is 3.01. The molecule has 0 aromatic carbocycles. The van der Waals surface area contributed by atoms with E-state index in [2.05, 4.69) is 18.2 Å². The molecule has 1 atom stereocenters. The van der Waals surface area contributed by atoms with Crippen molar-refractivity contribution in [2.75, 3.05) is 36.8 Å². The zero-order chi connectivity index (χ0) is 14.4. The second kappa shape index (κ2) is 7.23. The normalized spacial score (nSPS) is 12.0. The molecule has 0 fully saturated rings. The number of thioether (sulfide) groups is 1. The average molecular weight is 283 g/mol. The molecule has 1 aromatic heterocycles. The van der Waals surface area contributed by atoms with Crippen molar-refractivity contribution in [2.45, 2.75) is 19.4 Å². The number of pyridine rings is 1. The number of hydrogen-bond donors (Lipinski definition) is 1. The number of nitrogens with zero attached hydrogens (tertiary/aromatic N) is 2. The molecule has 5 nitrogen and oxygen atoms in total. The Morgan fingerprint density at radius 1 is 1.63 bits per heavy atom. The maximum absolute atomic E-state index is 11.8. The molecule has 0 aliphatic rings. The molecule has 6 heteroatoms. The number of methoxy groups -OCH3 is 1. The molecule has 1 rings (SSSR count). The number of carbonyl (C=O) groups is 1. The Morgan fingerprint density at radius 2 is 2.32 bits per heavy atom. The lowest BCUT2D eigenvalue weighted by Gasteiger charge is -2.27. The molecule has 0 saturated carbocycles. The van der Waals surface area contributed by atoms with Gasteiger partial charge in [0.2, 0.25) is 0 Å². The Morgan fingerprint density at radius 3 is 2.89 bits per heavy atom. The first-order chi connectivity index (χ1) is 9.01. The molecule has 106 valence electrons. The minimum absolute atomic E-state index is 0.284. The van der Waals surface area contributed by atoms with E-state index >= 15 is 0 Å². The molecule has 0 aliphatic heterocycles. The lowest BCUT2D eigenvalue weighted by atomic mass is 10.2. The van der Waals surface area contributed by atoms with Crippen LogP contribution in [0.2, 0.25) is 0 Å². The van der Waals surface area contributed by atoms with Gasteiger partial charge in [0.05, 0.1) is 19.0 Å². The molecule has 1 aromatic rings. The van der Waals surface area contributed by atoms with E-state index in [1.807, 2.05) is 11.9 Å². The molecule has 0 amide bonds. The first kappa shape index (κ1) is 15.6. The molecular weight excluding hydrogens is 262 g/mol. The maximum Gasteiger partial charge on any atom is 0.341 e. The third-order valence-electron chi connectivity index (χ3n) is 3.03. The van der Waals surface area contributed by atoms with Crippen molar-refractivity contribution in [3.63, 3.8) is 0 Å². The Labute approximate surface area is 118 Å². The molecule has 0 radical (unpaired) electrons. The largest absolute Gasteiger partial charge is 0.465 e. The highest BCUT2D eigenvalue weighted by atomic mass is 32.2. The van der Waals surface area contributed by atoms with Crippen LogP contribution in [0.1, 0.15) is 23.7 Å². The number of ether oxygens (including phenoxy) is 1. The van der Waals surface area contributed by atoms with E-state index in [1.165, 1.54) is 7.11 Å².